The van der Waals surface area contributed by atoms with Gasteiger partial charge in [-0.05, 0) is 78.9 Å². The highest BCUT2D eigenvalue weighted by Crippen LogP contribution is 3.07. The molecule has 0 heterocycles. The molecule has 10 fully saturated rings. The largest absolute Gasteiger partial charge is 0.386 e. The Bertz CT molecular complexity index is 761. The molecule has 14 atom stereocenters. The van der Waals surface area contributed by atoms with Crippen LogP contribution in [-0.4, -0.2) is 21.4 Å². The molecule has 2 N–H and O–H groups in total. The molecule has 2 nitrogen and oxygen atoms in total. The highest BCUT2D eigenvalue weighted by molar-refractivity contribution is 5.58. The van der Waals surface area contributed by atoms with Gasteiger partial charge < -0.3 is 10.2 Å². The summed E-state index contributed by atoms with van der Waals surface area (Å²) in [6.45, 7) is 2.48. The molecule has 2 spiro atoms. The summed E-state index contributed by atoms with van der Waals surface area (Å²) in [5.41, 5.74) is -1.03. The molecule has 10 aliphatic carbocycles. The molecule has 10 rings (SSSR count). The lowest BCUT2D eigenvalue weighted by Gasteiger charge is -2.51. The lowest BCUT2D eigenvalue weighted by molar-refractivity contribution is -0.224. The lowest BCUT2D eigenvalue weighted by Crippen LogP contribution is -2.64. The van der Waals surface area contributed by atoms with Gasteiger partial charge in [0.05, 0.1) is 0 Å². The molecule has 4 bridgehead atoms. The van der Waals surface area contributed by atoms with Crippen LogP contribution in [-0.2, 0) is 0 Å². The van der Waals surface area contributed by atoms with Crippen molar-refractivity contribution in [1.29, 1.82) is 0 Å². The quantitative estimate of drug-likeness (QED) is 0.721. The summed E-state index contributed by atoms with van der Waals surface area (Å²) in [5, 5.41) is 25.1. The first-order valence-corrected chi connectivity index (χ1v) is 10.5. The van der Waals surface area contributed by atoms with E-state index in [0.29, 0.717) is 17.8 Å². The Hall–Kier alpha value is -0.0800. The number of aliphatic hydroxyl groups is 2. The monoisotopic (exact) mass is 310 g/mol. The fourth-order valence-corrected chi connectivity index (χ4v) is 14.4. The molecule has 0 aromatic carbocycles. The highest BCUT2D eigenvalue weighted by Gasteiger charge is 3.10. The van der Waals surface area contributed by atoms with E-state index in [4.69, 9.17) is 0 Å². The minimum Gasteiger partial charge on any atom is -0.386 e. The first-order valence-electron chi connectivity index (χ1n) is 10.5. The van der Waals surface area contributed by atoms with Gasteiger partial charge in [0.15, 0.2) is 0 Å². The molecule has 0 amide bonds. The van der Waals surface area contributed by atoms with Gasteiger partial charge in [0.1, 0.15) is 11.2 Å². The Kier molecular flexibility index (Phi) is 1.21. The minimum absolute atomic E-state index is 0.0707. The number of hydrogen-bond donors (Lipinski definition) is 2. The Morgan fingerprint density at radius 3 is 2.35 bits per heavy atom. The molecule has 23 heavy (non-hydrogen) atoms. The summed E-state index contributed by atoms with van der Waals surface area (Å²) in [5.74, 6) is 6.85. The third-order valence-corrected chi connectivity index (χ3v) is 13.0. The van der Waals surface area contributed by atoms with E-state index in [9.17, 15) is 10.2 Å². The fraction of sp³-hybridized carbons (Fsp3) is 1.00. The van der Waals surface area contributed by atoms with Crippen molar-refractivity contribution in [2.45, 2.75) is 56.7 Å². The zero-order valence-electron chi connectivity index (χ0n) is 13.8. The SMILES string of the molecule is C[C@@]12[C@@H]3[C@H]4[C@@H]5[C@H]6[C@H]7[C@H]4[C@@]4(CCC[C@H]34)[C@]1(O)[C@@]7(O)[C@@]1(CCC[C@H]61)[C@H]52. The van der Waals surface area contributed by atoms with Gasteiger partial charge in [0.25, 0.3) is 0 Å². The van der Waals surface area contributed by atoms with E-state index in [1.165, 1.54) is 38.5 Å². The minimum atomic E-state index is -0.710. The molecule has 122 valence electrons. The first kappa shape index (κ1) is 11.5. The molecule has 2 heteroatoms. The van der Waals surface area contributed by atoms with E-state index in [-0.39, 0.29) is 16.2 Å². The zero-order valence-corrected chi connectivity index (χ0v) is 13.8. The predicted octanol–water partition coefficient (Wildman–Crippen LogP) is 2.44. The third kappa shape index (κ3) is 0.532. The molecule has 0 unspecified atom stereocenters. The van der Waals surface area contributed by atoms with Crippen molar-refractivity contribution in [3.63, 3.8) is 0 Å². The summed E-state index contributed by atoms with van der Waals surface area (Å²) >= 11 is 0. The van der Waals surface area contributed by atoms with Gasteiger partial charge in [0, 0.05) is 16.2 Å². The van der Waals surface area contributed by atoms with Crippen LogP contribution in [0.25, 0.3) is 0 Å². The van der Waals surface area contributed by atoms with E-state index in [1.54, 1.807) is 0 Å². The van der Waals surface area contributed by atoms with E-state index >= 15 is 0 Å². The van der Waals surface area contributed by atoms with Gasteiger partial charge in [-0.3, -0.25) is 0 Å². The van der Waals surface area contributed by atoms with Crippen molar-refractivity contribution < 1.29 is 10.2 Å². The van der Waals surface area contributed by atoms with Crippen LogP contribution < -0.4 is 0 Å². The van der Waals surface area contributed by atoms with Crippen LogP contribution in [0.3, 0.4) is 0 Å². The van der Waals surface area contributed by atoms with Crippen LogP contribution in [0.4, 0.5) is 0 Å². The van der Waals surface area contributed by atoms with E-state index in [2.05, 4.69) is 6.92 Å². The van der Waals surface area contributed by atoms with Crippen LogP contribution >= 0.6 is 0 Å². The molecular formula is C21H26O2. The van der Waals surface area contributed by atoms with Gasteiger partial charge in [0.2, 0.25) is 0 Å². The van der Waals surface area contributed by atoms with Crippen molar-refractivity contribution in [3.8, 4) is 0 Å². The van der Waals surface area contributed by atoms with Crippen molar-refractivity contribution in [2.75, 3.05) is 0 Å². The average Bonchev–Trinajstić information content (AvgIpc) is 3.26. The Morgan fingerprint density at radius 2 is 1.52 bits per heavy atom. The van der Waals surface area contributed by atoms with Crippen LogP contribution in [0.15, 0.2) is 0 Å². The molecule has 10 saturated carbocycles. The van der Waals surface area contributed by atoms with Gasteiger partial charge in [-0.1, -0.05) is 19.8 Å². The van der Waals surface area contributed by atoms with E-state index in [0.717, 1.165) is 35.5 Å². The Morgan fingerprint density at radius 1 is 0.783 bits per heavy atom. The summed E-state index contributed by atoms with van der Waals surface area (Å²) in [6, 6.07) is 0. The van der Waals surface area contributed by atoms with Crippen molar-refractivity contribution in [2.24, 2.45) is 69.5 Å². The summed E-state index contributed by atoms with van der Waals surface area (Å²) in [7, 11) is 0. The maximum Gasteiger partial charge on any atom is 0.106 e. The second-order valence-corrected chi connectivity index (χ2v) is 11.6. The number of rotatable bonds is 0. The highest BCUT2D eigenvalue weighted by atomic mass is 16.4. The zero-order chi connectivity index (χ0) is 14.9. The summed E-state index contributed by atoms with van der Waals surface area (Å²) in [4.78, 5) is 0. The molecule has 0 aromatic rings. The van der Waals surface area contributed by atoms with E-state index in [1.807, 2.05) is 0 Å². The standard InChI is InChI=1S/C21H26O2/c1-17-13-9-5-3-6-18(9)14-12(13)11-10-8-4-2-7-19(8,16(11)17)20(22,15(10)14)21(17,18)23/h8-16,22-23H,2-7H2,1H3/t8-,9-,10+,11+,12-,13+,14+,15+,16-,17+,18+,19-,20+,21+/m1/s1. The van der Waals surface area contributed by atoms with Crippen molar-refractivity contribution >= 4 is 0 Å². The van der Waals surface area contributed by atoms with Crippen LogP contribution in [0.5, 0.6) is 0 Å². The Balaban J connectivity index is 1.55. The second kappa shape index (κ2) is 2.42. The van der Waals surface area contributed by atoms with Gasteiger partial charge in [-0.2, -0.15) is 0 Å². The normalized spacial score (nSPS) is 90.7. The topological polar surface area (TPSA) is 40.5 Å². The average molecular weight is 310 g/mol. The van der Waals surface area contributed by atoms with Gasteiger partial charge in [-0.25, -0.2) is 0 Å². The van der Waals surface area contributed by atoms with Crippen molar-refractivity contribution in [3.05, 3.63) is 0 Å². The van der Waals surface area contributed by atoms with Gasteiger partial charge in [-0.15, -0.1) is 0 Å². The van der Waals surface area contributed by atoms with Crippen LogP contribution in [0.2, 0.25) is 0 Å². The van der Waals surface area contributed by atoms with Gasteiger partial charge >= 0.3 is 0 Å². The molecule has 10 aliphatic rings. The summed E-state index contributed by atoms with van der Waals surface area (Å²) in [6.07, 6.45) is 7.85. The maximum absolute atomic E-state index is 12.6. The number of hydrogen-bond acceptors (Lipinski definition) is 2. The predicted molar refractivity (Wildman–Crippen MR) is 82.0 cm³/mol. The molecule has 0 radical (unpaired) electrons. The lowest BCUT2D eigenvalue weighted by atomic mass is 9.59. The Labute approximate surface area is 137 Å². The second-order valence-electron chi connectivity index (χ2n) is 11.6. The molecule has 0 saturated heterocycles. The maximum atomic E-state index is 12.6. The third-order valence-electron chi connectivity index (χ3n) is 13.0. The fourth-order valence-electron chi connectivity index (χ4n) is 14.4. The summed E-state index contributed by atoms with van der Waals surface area (Å²) < 4.78 is 0. The van der Waals surface area contributed by atoms with Crippen LogP contribution in [0.1, 0.15) is 45.4 Å². The van der Waals surface area contributed by atoms with Crippen molar-refractivity contribution in [1.82, 2.24) is 0 Å². The first-order chi connectivity index (χ1) is 11.0. The molecular weight excluding hydrogens is 284 g/mol. The van der Waals surface area contributed by atoms with Crippen LogP contribution in [0, 0.1) is 69.5 Å². The smallest absolute Gasteiger partial charge is 0.106 e. The molecule has 0 aliphatic heterocycles. The van der Waals surface area contributed by atoms with E-state index < -0.39 is 11.2 Å². The molecule has 0 aromatic heterocycles.